The van der Waals surface area contributed by atoms with Gasteiger partial charge in [0.2, 0.25) is 0 Å². The van der Waals surface area contributed by atoms with E-state index in [2.05, 4.69) is 0 Å². The molecule has 3 nitrogen and oxygen atoms in total. The Morgan fingerprint density at radius 1 is 0.885 bits per heavy atom. The lowest BCUT2D eigenvalue weighted by Crippen LogP contribution is -2.48. The molecule has 0 aliphatic carbocycles. The Morgan fingerprint density at radius 3 is 1.85 bits per heavy atom. The Kier molecular flexibility index (Phi) is 9.30. The predicted octanol–water partition coefficient (Wildman–Crippen LogP) is 5.85. The lowest BCUT2D eigenvalue weighted by Gasteiger charge is -2.31. The van der Waals surface area contributed by atoms with E-state index in [4.69, 9.17) is 13.3 Å². The van der Waals surface area contributed by atoms with Gasteiger partial charge in [0, 0.05) is 25.4 Å². The molecule has 0 amide bonds. The number of aryl methyl sites for hydroxylation is 1. The van der Waals surface area contributed by atoms with Crippen molar-refractivity contribution in [2.75, 3.05) is 7.11 Å². The summed E-state index contributed by atoms with van der Waals surface area (Å²) in [6, 6.07) is 6.14. The molecule has 1 rings (SSSR count). The fraction of sp³-hybridized carbons (Fsp3) is 0.684. The van der Waals surface area contributed by atoms with E-state index in [1.165, 1.54) is 0 Å². The standard InChI is InChI=1S/C19H31F3O3Si/c1-15(2)24-26(23-5,25-16(3)4)14-8-6-7-9-17-10-12-18(13-11-17)19(20,21)22/h10-13,15-16H,6-9,14H2,1-5H3. The molecule has 26 heavy (non-hydrogen) atoms. The maximum absolute atomic E-state index is 12.6. The number of alkyl halides is 3. The van der Waals surface area contributed by atoms with E-state index in [0.717, 1.165) is 49.4 Å². The van der Waals surface area contributed by atoms with E-state index in [1.54, 1.807) is 19.2 Å². The van der Waals surface area contributed by atoms with Gasteiger partial charge >= 0.3 is 15.0 Å². The fourth-order valence-corrected chi connectivity index (χ4v) is 5.58. The second-order valence-electron chi connectivity index (χ2n) is 6.98. The average molecular weight is 393 g/mol. The van der Waals surface area contributed by atoms with Crippen molar-refractivity contribution < 1.29 is 26.4 Å². The van der Waals surface area contributed by atoms with Crippen LogP contribution < -0.4 is 0 Å². The fourth-order valence-electron chi connectivity index (χ4n) is 2.77. The van der Waals surface area contributed by atoms with Gasteiger partial charge < -0.3 is 13.3 Å². The second-order valence-corrected chi connectivity index (χ2v) is 9.72. The minimum absolute atomic E-state index is 0.0347. The van der Waals surface area contributed by atoms with Gasteiger partial charge in [-0.25, -0.2) is 0 Å². The zero-order chi connectivity index (χ0) is 19.8. The summed E-state index contributed by atoms with van der Waals surface area (Å²) in [5.41, 5.74) is 0.318. The average Bonchev–Trinajstić information content (AvgIpc) is 2.52. The van der Waals surface area contributed by atoms with Crippen LogP contribution in [0.25, 0.3) is 0 Å². The van der Waals surface area contributed by atoms with Gasteiger partial charge in [0.25, 0.3) is 0 Å². The van der Waals surface area contributed by atoms with Crippen LogP contribution in [-0.2, 0) is 25.9 Å². The van der Waals surface area contributed by atoms with Crippen molar-refractivity contribution in [2.24, 2.45) is 0 Å². The van der Waals surface area contributed by atoms with Gasteiger partial charge in [0.05, 0.1) is 5.56 Å². The first-order chi connectivity index (χ1) is 12.1. The first-order valence-corrected chi connectivity index (χ1v) is 11.1. The van der Waals surface area contributed by atoms with Gasteiger partial charge in [-0.1, -0.05) is 18.6 Å². The summed E-state index contributed by atoms with van der Waals surface area (Å²) < 4.78 is 55.3. The van der Waals surface area contributed by atoms with Crippen molar-refractivity contribution in [3.05, 3.63) is 35.4 Å². The number of unbranched alkanes of at least 4 members (excludes halogenated alkanes) is 2. The van der Waals surface area contributed by atoms with Crippen molar-refractivity contribution in [1.29, 1.82) is 0 Å². The molecule has 0 radical (unpaired) electrons. The Bertz CT molecular complexity index is 506. The third-order valence-electron chi connectivity index (χ3n) is 3.87. The molecule has 0 fully saturated rings. The van der Waals surface area contributed by atoms with Gasteiger partial charge in [0.1, 0.15) is 0 Å². The van der Waals surface area contributed by atoms with Gasteiger partial charge in [-0.05, 0) is 64.7 Å². The summed E-state index contributed by atoms with van der Waals surface area (Å²) in [6.07, 6.45) is -0.694. The first kappa shape index (κ1) is 23.1. The van der Waals surface area contributed by atoms with Crippen molar-refractivity contribution in [3.8, 4) is 0 Å². The highest BCUT2D eigenvalue weighted by molar-refractivity contribution is 6.60. The first-order valence-electron chi connectivity index (χ1n) is 9.15. The summed E-state index contributed by atoms with van der Waals surface area (Å²) in [4.78, 5) is 0. The van der Waals surface area contributed by atoms with Gasteiger partial charge in [0.15, 0.2) is 0 Å². The van der Waals surface area contributed by atoms with E-state index in [1.807, 2.05) is 27.7 Å². The molecule has 0 aromatic heterocycles. The molecule has 0 bridgehead atoms. The summed E-state index contributed by atoms with van der Waals surface area (Å²) in [6.45, 7) is 7.87. The minimum atomic E-state index is -4.28. The minimum Gasteiger partial charge on any atom is -0.377 e. The maximum atomic E-state index is 12.6. The zero-order valence-electron chi connectivity index (χ0n) is 16.4. The zero-order valence-corrected chi connectivity index (χ0v) is 17.4. The van der Waals surface area contributed by atoms with E-state index < -0.39 is 20.5 Å². The van der Waals surface area contributed by atoms with Crippen LogP contribution in [0.15, 0.2) is 24.3 Å². The third-order valence-corrected chi connectivity index (χ3v) is 7.12. The number of halogens is 3. The van der Waals surface area contributed by atoms with Crippen LogP contribution >= 0.6 is 0 Å². The van der Waals surface area contributed by atoms with Crippen LogP contribution in [0.4, 0.5) is 13.2 Å². The number of rotatable bonds is 11. The maximum Gasteiger partial charge on any atom is 0.501 e. The Labute approximate surface area is 156 Å². The van der Waals surface area contributed by atoms with Crippen molar-refractivity contribution in [3.63, 3.8) is 0 Å². The Morgan fingerprint density at radius 2 is 1.42 bits per heavy atom. The molecule has 7 heteroatoms. The van der Waals surface area contributed by atoms with Crippen LogP contribution in [-0.4, -0.2) is 28.1 Å². The van der Waals surface area contributed by atoms with E-state index in [0.29, 0.717) is 0 Å². The molecule has 0 heterocycles. The molecule has 1 aromatic carbocycles. The van der Waals surface area contributed by atoms with E-state index in [-0.39, 0.29) is 12.2 Å². The highest BCUT2D eigenvalue weighted by atomic mass is 28.4. The molecule has 150 valence electrons. The Balaban J connectivity index is 2.45. The van der Waals surface area contributed by atoms with Crippen molar-refractivity contribution in [2.45, 2.75) is 77.8 Å². The predicted molar refractivity (Wildman–Crippen MR) is 99.0 cm³/mol. The number of hydrogen-bond acceptors (Lipinski definition) is 3. The molecular formula is C19H31F3O3Si. The molecule has 0 unspecified atom stereocenters. The van der Waals surface area contributed by atoms with Crippen LogP contribution in [0.3, 0.4) is 0 Å². The number of hydrogen-bond donors (Lipinski definition) is 0. The van der Waals surface area contributed by atoms with E-state index in [9.17, 15) is 13.2 Å². The molecular weight excluding hydrogens is 361 g/mol. The third kappa shape index (κ3) is 8.20. The van der Waals surface area contributed by atoms with Gasteiger partial charge in [-0.15, -0.1) is 0 Å². The molecule has 0 spiro atoms. The lowest BCUT2D eigenvalue weighted by atomic mass is 10.1. The lowest BCUT2D eigenvalue weighted by molar-refractivity contribution is -0.137. The Hall–Kier alpha value is -0.893. The molecule has 1 aromatic rings. The molecule has 0 saturated carbocycles. The molecule has 0 atom stereocenters. The van der Waals surface area contributed by atoms with Gasteiger partial charge in [-0.2, -0.15) is 13.2 Å². The van der Waals surface area contributed by atoms with E-state index >= 15 is 0 Å². The molecule has 0 aliphatic rings. The summed E-state index contributed by atoms with van der Waals surface area (Å²) in [7, 11) is -1.04. The highest BCUT2D eigenvalue weighted by Crippen LogP contribution is 2.29. The van der Waals surface area contributed by atoms with Crippen molar-refractivity contribution >= 4 is 8.80 Å². The molecule has 0 N–H and O–H groups in total. The molecule has 0 aliphatic heterocycles. The molecule has 0 saturated heterocycles. The number of benzene rings is 1. The largest absolute Gasteiger partial charge is 0.501 e. The normalized spacial score (nSPS) is 13.0. The quantitative estimate of drug-likeness (QED) is 0.349. The van der Waals surface area contributed by atoms with Crippen LogP contribution in [0.2, 0.25) is 6.04 Å². The monoisotopic (exact) mass is 392 g/mol. The van der Waals surface area contributed by atoms with Gasteiger partial charge in [-0.3, -0.25) is 0 Å². The van der Waals surface area contributed by atoms with Crippen LogP contribution in [0, 0.1) is 0 Å². The van der Waals surface area contributed by atoms with Crippen LogP contribution in [0.5, 0.6) is 0 Å². The van der Waals surface area contributed by atoms with Crippen LogP contribution in [0.1, 0.15) is 58.1 Å². The SMILES string of the molecule is CO[Si](CCCCCc1ccc(C(F)(F)F)cc1)(OC(C)C)OC(C)C. The second kappa shape index (κ2) is 10.4. The van der Waals surface area contributed by atoms with Crippen molar-refractivity contribution in [1.82, 2.24) is 0 Å². The topological polar surface area (TPSA) is 27.7 Å². The highest BCUT2D eigenvalue weighted by Gasteiger charge is 2.41. The summed E-state index contributed by atoms with van der Waals surface area (Å²) in [5, 5.41) is 0. The smallest absolute Gasteiger partial charge is 0.377 e. The summed E-state index contributed by atoms with van der Waals surface area (Å²) in [5.74, 6) is 0. The summed E-state index contributed by atoms with van der Waals surface area (Å²) >= 11 is 0.